The number of alkyl carbamates (subject to hydrolysis) is 1. The van der Waals surface area contributed by atoms with Gasteiger partial charge >= 0.3 is 6.09 Å². The second-order valence-corrected chi connectivity index (χ2v) is 7.14. The SMILES string of the molecule is COc1cccc(F)c1CN1CCCC(NC(=O)OC(C)(C)C)C1. The molecule has 134 valence electrons. The highest BCUT2D eigenvalue weighted by Crippen LogP contribution is 2.24. The third-order valence-corrected chi connectivity index (χ3v) is 3.90. The first-order chi connectivity index (χ1) is 11.3. The zero-order valence-corrected chi connectivity index (χ0v) is 14.9. The number of carbonyl (C=O) groups excluding carboxylic acids is 1. The van der Waals surface area contributed by atoms with Crippen LogP contribution in [0, 0.1) is 5.82 Å². The standard InChI is InChI=1S/C18H27FN2O3/c1-18(2,3)24-17(22)20-13-7-6-10-21(11-13)12-14-15(19)8-5-9-16(14)23-4/h5,8-9,13H,6-7,10-12H2,1-4H3,(H,20,22). The Bertz CT molecular complexity index is 572. The first kappa shape index (κ1) is 18.5. The molecule has 1 aromatic carbocycles. The summed E-state index contributed by atoms with van der Waals surface area (Å²) < 4.78 is 24.6. The lowest BCUT2D eigenvalue weighted by Crippen LogP contribution is -2.48. The largest absolute Gasteiger partial charge is 0.496 e. The minimum atomic E-state index is -0.515. The van der Waals surface area contributed by atoms with E-state index in [0.29, 0.717) is 24.4 Å². The van der Waals surface area contributed by atoms with Crippen LogP contribution in [0.4, 0.5) is 9.18 Å². The van der Waals surface area contributed by atoms with Crippen molar-refractivity contribution in [2.75, 3.05) is 20.2 Å². The van der Waals surface area contributed by atoms with Crippen molar-refractivity contribution < 1.29 is 18.7 Å². The van der Waals surface area contributed by atoms with Gasteiger partial charge in [0.15, 0.2) is 0 Å². The predicted molar refractivity (Wildman–Crippen MR) is 90.6 cm³/mol. The topological polar surface area (TPSA) is 50.8 Å². The van der Waals surface area contributed by atoms with E-state index in [1.54, 1.807) is 19.2 Å². The van der Waals surface area contributed by atoms with Crippen molar-refractivity contribution in [3.8, 4) is 5.75 Å². The van der Waals surface area contributed by atoms with Crippen molar-refractivity contribution in [3.05, 3.63) is 29.6 Å². The Labute approximate surface area is 143 Å². The van der Waals surface area contributed by atoms with E-state index in [2.05, 4.69) is 10.2 Å². The molecule has 1 atom stereocenters. The zero-order chi connectivity index (χ0) is 17.7. The minimum absolute atomic E-state index is 0.00590. The van der Waals surface area contributed by atoms with Gasteiger partial charge in [-0.05, 0) is 52.3 Å². The fraction of sp³-hybridized carbons (Fsp3) is 0.611. The van der Waals surface area contributed by atoms with Crippen molar-refractivity contribution >= 4 is 6.09 Å². The molecule has 0 radical (unpaired) electrons. The monoisotopic (exact) mass is 338 g/mol. The van der Waals surface area contributed by atoms with Crippen molar-refractivity contribution in [1.29, 1.82) is 0 Å². The summed E-state index contributed by atoms with van der Waals surface area (Å²) >= 11 is 0. The molecule has 1 unspecified atom stereocenters. The van der Waals surface area contributed by atoms with Crippen LogP contribution >= 0.6 is 0 Å². The maximum absolute atomic E-state index is 14.1. The van der Waals surface area contributed by atoms with Gasteiger partial charge in [-0.25, -0.2) is 9.18 Å². The normalized spacial score (nSPS) is 19.0. The second-order valence-electron chi connectivity index (χ2n) is 7.14. The van der Waals surface area contributed by atoms with E-state index in [1.807, 2.05) is 20.8 Å². The van der Waals surface area contributed by atoms with E-state index >= 15 is 0 Å². The van der Waals surface area contributed by atoms with E-state index in [-0.39, 0.29) is 11.9 Å². The average molecular weight is 338 g/mol. The molecule has 24 heavy (non-hydrogen) atoms. The molecular weight excluding hydrogens is 311 g/mol. The van der Waals surface area contributed by atoms with Crippen LogP contribution < -0.4 is 10.1 Å². The summed E-state index contributed by atoms with van der Waals surface area (Å²) in [5.74, 6) is 0.286. The van der Waals surface area contributed by atoms with Crippen LogP contribution in [0.5, 0.6) is 5.75 Å². The van der Waals surface area contributed by atoms with Gasteiger partial charge in [-0.3, -0.25) is 4.90 Å². The number of nitrogens with zero attached hydrogens (tertiary/aromatic N) is 1. The number of hydrogen-bond donors (Lipinski definition) is 1. The molecule has 5 nitrogen and oxygen atoms in total. The molecule has 0 aliphatic carbocycles. The third-order valence-electron chi connectivity index (χ3n) is 3.90. The van der Waals surface area contributed by atoms with E-state index in [0.717, 1.165) is 19.4 Å². The summed E-state index contributed by atoms with van der Waals surface area (Å²) in [6.45, 7) is 7.50. The van der Waals surface area contributed by atoms with Gasteiger partial charge in [-0.1, -0.05) is 6.07 Å². The summed E-state index contributed by atoms with van der Waals surface area (Å²) in [4.78, 5) is 14.0. The molecule has 1 N–H and O–H groups in total. The average Bonchev–Trinajstić information content (AvgIpc) is 2.47. The minimum Gasteiger partial charge on any atom is -0.496 e. The lowest BCUT2D eigenvalue weighted by Gasteiger charge is -2.33. The molecule has 1 fully saturated rings. The number of carbonyl (C=O) groups is 1. The molecule has 0 saturated carbocycles. The molecule has 0 aromatic heterocycles. The van der Waals surface area contributed by atoms with Gasteiger partial charge in [0, 0.05) is 24.7 Å². The first-order valence-corrected chi connectivity index (χ1v) is 8.32. The fourth-order valence-electron chi connectivity index (χ4n) is 2.90. The maximum Gasteiger partial charge on any atom is 0.407 e. The number of amides is 1. The number of ether oxygens (including phenoxy) is 2. The van der Waals surface area contributed by atoms with Crippen LogP contribution in [0.2, 0.25) is 0 Å². The molecule has 0 spiro atoms. The number of rotatable bonds is 4. The van der Waals surface area contributed by atoms with E-state index < -0.39 is 11.7 Å². The van der Waals surface area contributed by atoms with Gasteiger partial charge in [-0.2, -0.15) is 0 Å². The van der Waals surface area contributed by atoms with Crippen LogP contribution in [-0.2, 0) is 11.3 Å². The Hall–Kier alpha value is -1.82. The Morgan fingerprint density at radius 2 is 2.17 bits per heavy atom. The number of benzene rings is 1. The lowest BCUT2D eigenvalue weighted by molar-refractivity contribution is 0.0469. The highest BCUT2D eigenvalue weighted by atomic mass is 19.1. The van der Waals surface area contributed by atoms with Crippen LogP contribution in [0.15, 0.2) is 18.2 Å². The second kappa shape index (κ2) is 7.83. The number of halogens is 1. The van der Waals surface area contributed by atoms with Crippen LogP contribution in [0.25, 0.3) is 0 Å². The van der Waals surface area contributed by atoms with Gasteiger partial charge < -0.3 is 14.8 Å². The van der Waals surface area contributed by atoms with Crippen molar-refractivity contribution in [2.24, 2.45) is 0 Å². The van der Waals surface area contributed by atoms with Crippen LogP contribution in [0.3, 0.4) is 0 Å². The molecule has 1 aliphatic heterocycles. The summed E-state index contributed by atoms with van der Waals surface area (Å²) in [6.07, 6.45) is 1.43. The fourth-order valence-corrected chi connectivity index (χ4v) is 2.90. The molecule has 1 amide bonds. The Morgan fingerprint density at radius 1 is 1.42 bits per heavy atom. The molecule has 0 bridgehead atoms. The molecule has 6 heteroatoms. The van der Waals surface area contributed by atoms with E-state index in [4.69, 9.17) is 9.47 Å². The lowest BCUT2D eigenvalue weighted by atomic mass is 10.0. The molecule has 1 aromatic rings. The van der Waals surface area contributed by atoms with Gasteiger partial charge in [0.2, 0.25) is 0 Å². The Balaban J connectivity index is 1.95. The van der Waals surface area contributed by atoms with E-state index in [1.165, 1.54) is 6.07 Å². The molecular formula is C18H27FN2O3. The maximum atomic E-state index is 14.1. The molecule has 1 heterocycles. The van der Waals surface area contributed by atoms with Crippen molar-refractivity contribution in [2.45, 2.75) is 51.8 Å². The van der Waals surface area contributed by atoms with Crippen molar-refractivity contribution in [3.63, 3.8) is 0 Å². The zero-order valence-electron chi connectivity index (χ0n) is 14.9. The number of nitrogens with one attached hydrogen (secondary N) is 1. The Morgan fingerprint density at radius 3 is 2.83 bits per heavy atom. The number of hydrogen-bond acceptors (Lipinski definition) is 4. The summed E-state index contributed by atoms with van der Waals surface area (Å²) in [6, 6.07) is 4.85. The van der Waals surface area contributed by atoms with Crippen LogP contribution in [-0.4, -0.2) is 42.8 Å². The van der Waals surface area contributed by atoms with Crippen LogP contribution in [0.1, 0.15) is 39.2 Å². The Kier molecular flexibility index (Phi) is 6.04. The third kappa shape index (κ3) is 5.37. The first-order valence-electron chi connectivity index (χ1n) is 8.32. The highest BCUT2D eigenvalue weighted by Gasteiger charge is 2.25. The number of likely N-dealkylation sites (tertiary alicyclic amines) is 1. The van der Waals surface area contributed by atoms with Gasteiger partial charge in [0.05, 0.1) is 7.11 Å². The van der Waals surface area contributed by atoms with Gasteiger partial charge in [0.1, 0.15) is 17.2 Å². The summed E-state index contributed by atoms with van der Waals surface area (Å²) in [5.41, 5.74) is 0.0387. The van der Waals surface area contributed by atoms with E-state index in [9.17, 15) is 9.18 Å². The van der Waals surface area contributed by atoms with Gasteiger partial charge in [0.25, 0.3) is 0 Å². The van der Waals surface area contributed by atoms with Crippen molar-refractivity contribution in [1.82, 2.24) is 10.2 Å². The highest BCUT2D eigenvalue weighted by molar-refractivity contribution is 5.68. The molecule has 1 saturated heterocycles. The molecule has 2 rings (SSSR count). The number of methoxy groups -OCH3 is 1. The van der Waals surface area contributed by atoms with Gasteiger partial charge in [-0.15, -0.1) is 0 Å². The predicted octanol–water partition coefficient (Wildman–Crippen LogP) is 3.32. The summed E-state index contributed by atoms with van der Waals surface area (Å²) in [5, 5.41) is 2.91. The smallest absolute Gasteiger partial charge is 0.407 e. The summed E-state index contributed by atoms with van der Waals surface area (Å²) in [7, 11) is 1.54. The number of piperidine rings is 1. The molecule has 1 aliphatic rings. The quantitative estimate of drug-likeness (QED) is 0.915.